The molecule has 0 aliphatic carbocycles. The first kappa shape index (κ1) is 84.2. The Morgan fingerprint density at radius 1 is 0.522 bits per heavy atom. The van der Waals surface area contributed by atoms with Gasteiger partial charge in [0.05, 0.1) is 11.7 Å². The molecule has 0 radical (unpaired) electrons. The molecule has 26 heteroatoms. The zero-order valence-electron chi connectivity index (χ0n) is 60.6. The third kappa shape index (κ3) is 24.2. The summed E-state index contributed by atoms with van der Waals surface area (Å²) in [5.41, 5.74) is -1.58. The van der Waals surface area contributed by atoms with Gasteiger partial charge in [0.1, 0.15) is 60.4 Å². The van der Waals surface area contributed by atoms with E-state index < -0.39 is 160 Å². The second-order valence-corrected chi connectivity index (χ2v) is 29.4. The third-order valence-electron chi connectivity index (χ3n) is 17.0. The number of carbonyl (C=O) groups excluding carboxylic acids is 11. The summed E-state index contributed by atoms with van der Waals surface area (Å²) in [6.07, 6.45) is 2.34. The minimum Gasteiger partial charge on any atom is -0.390 e. The van der Waals surface area contributed by atoms with Crippen LogP contribution in [0.3, 0.4) is 0 Å². The molecule has 25 nitrogen and oxygen atoms in total. The van der Waals surface area contributed by atoms with Gasteiger partial charge in [0.2, 0.25) is 59.1 Å². The molecule has 0 aromatic carbocycles. The molecule has 0 bridgehead atoms. The fourth-order valence-electron chi connectivity index (χ4n) is 11.2. The number of amides is 11. The molecule has 1 unspecified atom stereocenters. The van der Waals surface area contributed by atoms with E-state index in [1.54, 1.807) is 60.6 Å². The lowest BCUT2D eigenvalue weighted by molar-refractivity contribution is -0.157. The Kier molecular flexibility index (Phi) is 34.7. The van der Waals surface area contributed by atoms with Gasteiger partial charge < -0.3 is 70.7 Å². The van der Waals surface area contributed by atoms with Gasteiger partial charge in [-0.25, -0.2) is 0 Å². The Labute approximate surface area is 555 Å². The van der Waals surface area contributed by atoms with Crippen LogP contribution in [0.1, 0.15) is 156 Å². The summed E-state index contributed by atoms with van der Waals surface area (Å²) in [4.78, 5) is 174. The molecule has 1 aliphatic heterocycles. The van der Waals surface area contributed by atoms with Crippen LogP contribution in [0.2, 0.25) is 0 Å². The molecule has 528 valence electrons. The quantitative estimate of drug-likeness (QED) is 0.101. The first-order valence-corrected chi connectivity index (χ1v) is 33.7. The van der Waals surface area contributed by atoms with Crippen molar-refractivity contribution in [3.8, 4) is 0 Å². The summed E-state index contributed by atoms with van der Waals surface area (Å²) in [5.74, 6) is -10.1. The maximum atomic E-state index is 15.3. The van der Waals surface area contributed by atoms with Crippen LogP contribution in [0.15, 0.2) is 12.2 Å². The van der Waals surface area contributed by atoms with Crippen molar-refractivity contribution < 1.29 is 63.0 Å². The van der Waals surface area contributed by atoms with Crippen LogP contribution in [-0.2, 0) is 52.7 Å². The second-order valence-electron chi connectivity index (χ2n) is 28.2. The van der Waals surface area contributed by atoms with Crippen LogP contribution in [0.25, 0.3) is 0 Å². The second kappa shape index (κ2) is 37.9. The highest BCUT2D eigenvalue weighted by Gasteiger charge is 2.47. The van der Waals surface area contributed by atoms with E-state index in [2.05, 4.69) is 21.3 Å². The summed E-state index contributed by atoms with van der Waals surface area (Å²) in [6.45, 7) is 29.3. The third-order valence-corrected chi connectivity index (χ3v) is 18.3. The lowest BCUT2D eigenvalue weighted by Crippen LogP contribution is -2.64. The van der Waals surface area contributed by atoms with E-state index in [9.17, 15) is 34.2 Å². The molecule has 1 fully saturated rings. The molecule has 1 aliphatic rings. The van der Waals surface area contributed by atoms with Crippen LogP contribution >= 0.6 is 11.8 Å². The normalized spacial score (nSPS) is 26.8. The van der Waals surface area contributed by atoms with Crippen LogP contribution < -0.4 is 21.3 Å². The standard InChI is InChI=1S/C66H120N12O13S/c1-27-29-30-42(13)53(79)52-57(83)69-45(28-2)59(85)78(26)65(92-32-31-71(18)19)64(90)75(23)49(36-66(16,17)91)56(82)70-50(40(9)10)62(88)72(20)46(33-37(3)4)55(81)67-43(14)54(80)68-44(15)58(84)73(21)47(34-38(5)6)60(86)74(22)48(35-39(7)8)61(87)76(24)51(41(11)12)63(89)77(52)25/h27,29,37-53,65,79,91H,28,30-36H2,1-26H3,(H,67,81)(H,68,80)(H,69,83)(H,70,82)/t42-,43+,44-,45+,46+,47+,48+,49+,50+,51+,52+,53-,65?/m1/s1. The molecule has 0 saturated carbocycles. The molecule has 0 aromatic heterocycles. The molecule has 11 amide bonds. The average Bonchev–Trinajstić information content (AvgIpc) is 0.830. The summed E-state index contributed by atoms with van der Waals surface area (Å²) < 4.78 is 0. The molecular formula is C66H120N12O13S. The van der Waals surface area contributed by atoms with Crippen molar-refractivity contribution in [3.05, 3.63) is 12.2 Å². The lowest BCUT2D eigenvalue weighted by Gasteiger charge is -2.41. The first-order chi connectivity index (χ1) is 42.3. The molecular weight excluding hydrogens is 1200 g/mol. The van der Waals surface area contributed by atoms with Crippen molar-refractivity contribution in [2.24, 2.45) is 35.5 Å². The van der Waals surface area contributed by atoms with Crippen molar-refractivity contribution in [2.45, 2.75) is 234 Å². The fourth-order valence-corrected chi connectivity index (χ4v) is 12.6. The lowest BCUT2D eigenvalue weighted by atomic mass is 9.91. The fraction of sp³-hybridized carbons (Fsp3) is 0.803. The van der Waals surface area contributed by atoms with Crippen LogP contribution in [-0.4, -0.2) is 268 Å². The Morgan fingerprint density at radius 3 is 1.42 bits per heavy atom. The number of thioether (sulfide) groups is 1. The zero-order chi connectivity index (χ0) is 71.5. The Balaban J connectivity index is 4.55. The molecule has 13 atom stereocenters. The predicted molar refractivity (Wildman–Crippen MR) is 360 cm³/mol. The monoisotopic (exact) mass is 1320 g/mol. The maximum absolute atomic E-state index is 15.3. The van der Waals surface area contributed by atoms with Crippen LogP contribution in [0.4, 0.5) is 0 Å². The number of carbonyl (C=O) groups is 11. The number of aliphatic hydroxyl groups excluding tert-OH is 1. The molecule has 0 aromatic rings. The number of likely N-dealkylation sites (N-methyl/N-ethyl adjacent to an activating group) is 7. The smallest absolute Gasteiger partial charge is 0.256 e. The average molecular weight is 1320 g/mol. The van der Waals surface area contributed by atoms with E-state index in [1.165, 1.54) is 96.6 Å². The molecule has 1 saturated heterocycles. The highest BCUT2D eigenvalue weighted by Crippen LogP contribution is 2.28. The van der Waals surface area contributed by atoms with E-state index in [4.69, 9.17) is 0 Å². The summed E-state index contributed by atoms with van der Waals surface area (Å²) in [7, 11) is 13.5. The minimum atomic E-state index is -1.66. The maximum Gasteiger partial charge on any atom is 0.256 e. The largest absolute Gasteiger partial charge is 0.390 e. The van der Waals surface area contributed by atoms with Gasteiger partial charge >= 0.3 is 0 Å². The van der Waals surface area contributed by atoms with Crippen molar-refractivity contribution in [3.63, 3.8) is 0 Å². The van der Waals surface area contributed by atoms with E-state index in [-0.39, 0.29) is 56.3 Å². The number of hydrogen-bond donors (Lipinski definition) is 6. The molecule has 92 heavy (non-hydrogen) atoms. The van der Waals surface area contributed by atoms with Gasteiger partial charge in [-0.1, -0.05) is 95.2 Å². The highest BCUT2D eigenvalue weighted by molar-refractivity contribution is 8.00. The highest BCUT2D eigenvalue weighted by atomic mass is 32.2. The number of hydrogen-bond acceptors (Lipinski definition) is 15. The molecule has 0 spiro atoms. The SMILES string of the molecule is CC=CC[C@@H](C)[C@@H](O)[C@H]1C(=O)N[C@@H](CC)C(=O)N(C)C(SCCN(C)C)C(=O)N(C)[C@@H](CC(C)(C)O)C(=O)N[C@@H](C(C)C)C(=O)N(C)[C@@H](CC(C)C)C(=O)N[C@@H](C)C(=O)N[C@H](C)C(=O)N(C)[C@@H](CC(C)C)C(=O)N(C)[C@@H](CC(C)C)C(=O)N(C)[C@@H](C(C)C)C(=O)N1C. The van der Waals surface area contributed by atoms with Crippen molar-refractivity contribution in [2.75, 3.05) is 75.7 Å². The number of nitrogens with one attached hydrogen (secondary N) is 4. The predicted octanol–water partition coefficient (Wildman–Crippen LogP) is 3.00. The molecule has 1 heterocycles. The van der Waals surface area contributed by atoms with Crippen molar-refractivity contribution >= 4 is 76.7 Å². The van der Waals surface area contributed by atoms with Gasteiger partial charge in [0.25, 0.3) is 5.91 Å². The van der Waals surface area contributed by atoms with Crippen molar-refractivity contribution in [1.82, 2.24) is 60.5 Å². The topological polar surface area (TPSA) is 302 Å². The summed E-state index contributed by atoms with van der Waals surface area (Å²) in [6, 6.07) is -13.1. The van der Waals surface area contributed by atoms with Crippen molar-refractivity contribution in [1.29, 1.82) is 0 Å². The Morgan fingerprint density at radius 2 is 0.967 bits per heavy atom. The number of nitrogens with zero attached hydrogens (tertiary/aromatic N) is 8. The van der Waals surface area contributed by atoms with Gasteiger partial charge in [-0.05, 0) is 116 Å². The van der Waals surface area contributed by atoms with Gasteiger partial charge in [-0.2, -0.15) is 0 Å². The molecule has 1 rings (SSSR count). The van der Waals surface area contributed by atoms with E-state index in [0.717, 1.165) is 26.5 Å². The van der Waals surface area contributed by atoms with Gasteiger partial charge in [0, 0.05) is 68.1 Å². The Hall–Kier alpha value is -5.86. The summed E-state index contributed by atoms with van der Waals surface area (Å²) >= 11 is 1.09. The van der Waals surface area contributed by atoms with Crippen LogP contribution in [0, 0.1) is 35.5 Å². The number of rotatable bonds is 19. The van der Waals surface area contributed by atoms with Gasteiger partial charge in [-0.15, -0.1) is 11.8 Å². The van der Waals surface area contributed by atoms with E-state index in [0.29, 0.717) is 12.3 Å². The first-order valence-electron chi connectivity index (χ1n) is 32.7. The van der Waals surface area contributed by atoms with E-state index >= 15 is 28.8 Å². The number of allylic oxidation sites excluding steroid dienone is 2. The minimum absolute atomic E-state index is 0.0323. The van der Waals surface area contributed by atoms with E-state index in [1.807, 2.05) is 60.5 Å². The Bertz CT molecular complexity index is 2520. The molecule has 6 N–H and O–H groups in total. The summed E-state index contributed by atoms with van der Waals surface area (Å²) in [5, 5.41) is 33.2. The number of aliphatic hydroxyl groups is 2. The van der Waals surface area contributed by atoms with Crippen LogP contribution in [0.5, 0.6) is 0 Å². The van der Waals surface area contributed by atoms with Gasteiger partial charge in [0.15, 0.2) is 5.37 Å². The van der Waals surface area contributed by atoms with Gasteiger partial charge in [-0.3, -0.25) is 52.7 Å². The zero-order valence-corrected chi connectivity index (χ0v) is 61.4.